The number of nitrogens with zero attached hydrogens (tertiary/aromatic N) is 3. The summed E-state index contributed by atoms with van der Waals surface area (Å²) in [5.74, 6) is -0.0682. The Morgan fingerprint density at radius 3 is 2.52 bits per heavy atom. The molecule has 0 saturated carbocycles. The molecule has 2 heterocycles. The number of anilines is 1. The van der Waals surface area contributed by atoms with Crippen molar-refractivity contribution in [1.29, 1.82) is 0 Å². The maximum Gasteiger partial charge on any atom is 0.291 e. The van der Waals surface area contributed by atoms with Crippen LogP contribution in [0.1, 0.15) is 25.3 Å². The summed E-state index contributed by atoms with van der Waals surface area (Å²) < 4.78 is 30.3. The van der Waals surface area contributed by atoms with Crippen molar-refractivity contribution < 1.29 is 18.3 Å². The Balaban J connectivity index is 2.05. The van der Waals surface area contributed by atoms with Crippen molar-refractivity contribution in [2.45, 2.75) is 26.3 Å². The highest BCUT2D eigenvalue weighted by molar-refractivity contribution is 7.15. The lowest BCUT2D eigenvalue weighted by molar-refractivity contribution is -0.137. The first-order chi connectivity index (χ1) is 9.99. The number of hydrogen-bond acceptors (Lipinski definition) is 6. The third-order valence-electron chi connectivity index (χ3n) is 3.16. The summed E-state index contributed by atoms with van der Waals surface area (Å²) >= 11 is 0.772. The number of ether oxygens (including phenoxy) is 1. The van der Waals surface area contributed by atoms with Crippen LogP contribution in [0.5, 0.6) is 0 Å². The third-order valence-corrected chi connectivity index (χ3v) is 4.02. The summed E-state index contributed by atoms with van der Waals surface area (Å²) in [6.07, 6.45) is -2.65. The van der Waals surface area contributed by atoms with E-state index in [1.54, 1.807) is 4.90 Å². The predicted octanol–water partition coefficient (Wildman–Crippen LogP) is 1.77. The molecular formula is C12H18F2N4O2S. The first-order valence-corrected chi connectivity index (χ1v) is 7.55. The van der Waals surface area contributed by atoms with E-state index in [9.17, 15) is 13.6 Å². The summed E-state index contributed by atoms with van der Waals surface area (Å²) in [4.78, 5) is 14.2. The van der Waals surface area contributed by atoms with Crippen LogP contribution in [0.15, 0.2) is 0 Å². The number of aromatic nitrogens is 2. The predicted molar refractivity (Wildman–Crippen MR) is 74.5 cm³/mol. The van der Waals surface area contributed by atoms with E-state index < -0.39 is 12.5 Å². The Hall–Kier alpha value is -1.35. The molecule has 1 aromatic heterocycles. The zero-order valence-corrected chi connectivity index (χ0v) is 12.7. The van der Waals surface area contributed by atoms with Crippen LogP contribution in [0.25, 0.3) is 0 Å². The maximum atomic E-state index is 12.5. The average molecular weight is 320 g/mol. The van der Waals surface area contributed by atoms with Gasteiger partial charge in [-0.05, 0) is 5.92 Å². The quantitative estimate of drug-likeness (QED) is 0.895. The van der Waals surface area contributed by atoms with Crippen molar-refractivity contribution in [3.05, 3.63) is 5.01 Å². The lowest BCUT2D eigenvalue weighted by atomic mass is 10.0. The van der Waals surface area contributed by atoms with E-state index in [1.807, 2.05) is 13.8 Å². The SMILES string of the molecule is CC(C)[C@H](Nc1nnc(C(F)F)s1)C(=O)N1CCOCC1. The third kappa shape index (κ3) is 4.07. The molecule has 9 heteroatoms. The lowest BCUT2D eigenvalue weighted by Gasteiger charge is -2.32. The summed E-state index contributed by atoms with van der Waals surface area (Å²) in [7, 11) is 0. The van der Waals surface area contributed by atoms with Gasteiger partial charge in [-0.25, -0.2) is 8.78 Å². The molecular weight excluding hydrogens is 302 g/mol. The summed E-state index contributed by atoms with van der Waals surface area (Å²) in [5.41, 5.74) is 0. The largest absolute Gasteiger partial charge is 0.378 e. The topological polar surface area (TPSA) is 67.4 Å². The van der Waals surface area contributed by atoms with Gasteiger partial charge in [0, 0.05) is 13.1 Å². The molecule has 0 unspecified atom stereocenters. The van der Waals surface area contributed by atoms with Crippen molar-refractivity contribution in [1.82, 2.24) is 15.1 Å². The fourth-order valence-corrected chi connectivity index (χ4v) is 2.64. The van der Waals surface area contributed by atoms with Gasteiger partial charge in [-0.15, -0.1) is 10.2 Å². The van der Waals surface area contributed by atoms with Gasteiger partial charge in [-0.3, -0.25) is 4.79 Å². The van der Waals surface area contributed by atoms with Gasteiger partial charge in [0.15, 0.2) is 5.01 Å². The van der Waals surface area contributed by atoms with Gasteiger partial charge in [0.05, 0.1) is 13.2 Å². The molecule has 1 N–H and O–H groups in total. The van der Waals surface area contributed by atoms with Gasteiger partial charge in [0.25, 0.3) is 6.43 Å². The zero-order chi connectivity index (χ0) is 15.4. The molecule has 1 aliphatic heterocycles. The standard InChI is InChI=1S/C12H18F2N4O2S/c1-7(2)8(11(19)18-3-5-20-6-4-18)15-12-17-16-10(21-12)9(13)14/h7-9H,3-6H2,1-2H3,(H,15,17)/t8-/m0/s1. The van der Waals surface area contributed by atoms with Crippen LogP contribution >= 0.6 is 11.3 Å². The molecule has 1 aliphatic rings. The molecule has 0 aliphatic carbocycles. The van der Waals surface area contributed by atoms with Gasteiger partial charge in [0.2, 0.25) is 11.0 Å². The van der Waals surface area contributed by atoms with Crippen LogP contribution in [0, 0.1) is 5.92 Å². The van der Waals surface area contributed by atoms with E-state index in [0.29, 0.717) is 26.3 Å². The van der Waals surface area contributed by atoms with Crippen molar-refractivity contribution in [3.8, 4) is 0 Å². The summed E-state index contributed by atoms with van der Waals surface area (Å²) in [5, 5.41) is 9.90. The number of nitrogens with one attached hydrogen (secondary N) is 1. The second-order valence-corrected chi connectivity index (χ2v) is 6.06. The monoisotopic (exact) mass is 320 g/mol. The van der Waals surface area contributed by atoms with E-state index in [4.69, 9.17) is 4.74 Å². The number of carbonyl (C=O) groups excluding carboxylic acids is 1. The van der Waals surface area contributed by atoms with E-state index in [-0.39, 0.29) is 22.0 Å². The minimum atomic E-state index is -2.65. The van der Waals surface area contributed by atoms with Gasteiger partial charge in [0.1, 0.15) is 6.04 Å². The van der Waals surface area contributed by atoms with Gasteiger partial charge >= 0.3 is 0 Å². The molecule has 0 spiro atoms. The molecule has 21 heavy (non-hydrogen) atoms. The smallest absolute Gasteiger partial charge is 0.291 e. The highest BCUT2D eigenvalue weighted by Gasteiger charge is 2.29. The molecule has 1 amide bonds. The fourth-order valence-electron chi connectivity index (χ4n) is 2.01. The van der Waals surface area contributed by atoms with Crippen molar-refractivity contribution >= 4 is 22.4 Å². The molecule has 0 aromatic carbocycles. The normalized spacial score (nSPS) is 17.3. The average Bonchev–Trinajstić information content (AvgIpc) is 2.93. The zero-order valence-electron chi connectivity index (χ0n) is 11.9. The highest BCUT2D eigenvalue weighted by Crippen LogP contribution is 2.26. The van der Waals surface area contributed by atoms with Gasteiger partial charge in [-0.1, -0.05) is 25.2 Å². The maximum absolute atomic E-state index is 12.5. The number of alkyl halides is 2. The minimum absolute atomic E-state index is 0.000699. The highest BCUT2D eigenvalue weighted by atomic mass is 32.1. The first kappa shape index (κ1) is 16.0. The summed E-state index contributed by atoms with van der Waals surface area (Å²) in [6, 6.07) is -0.512. The Morgan fingerprint density at radius 2 is 2.00 bits per heavy atom. The van der Waals surface area contributed by atoms with Crippen molar-refractivity contribution in [3.63, 3.8) is 0 Å². The van der Waals surface area contributed by atoms with Crippen LogP contribution in [0.2, 0.25) is 0 Å². The molecule has 6 nitrogen and oxygen atoms in total. The van der Waals surface area contributed by atoms with Crippen molar-refractivity contribution in [2.75, 3.05) is 31.6 Å². The van der Waals surface area contributed by atoms with Gasteiger partial charge < -0.3 is 15.0 Å². The molecule has 2 rings (SSSR count). The lowest BCUT2D eigenvalue weighted by Crippen LogP contribution is -2.49. The number of amides is 1. The van der Waals surface area contributed by atoms with Gasteiger partial charge in [-0.2, -0.15) is 0 Å². The van der Waals surface area contributed by atoms with Crippen molar-refractivity contribution in [2.24, 2.45) is 5.92 Å². The number of carbonyl (C=O) groups is 1. The molecule has 0 bridgehead atoms. The van der Waals surface area contributed by atoms with Crippen LogP contribution in [-0.4, -0.2) is 53.3 Å². The van der Waals surface area contributed by atoms with Crippen LogP contribution < -0.4 is 5.32 Å². The first-order valence-electron chi connectivity index (χ1n) is 6.73. The second-order valence-electron chi connectivity index (χ2n) is 5.05. The van der Waals surface area contributed by atoms with E-state index >= 15 is 0 Å². The minimum Gasteiger partial charge on any atom is -0.378 e. The number of rotatable bonds is 5. The molecule has 118 valence electrons. The molecule has 1 atom stereocenters. The number of morpholine rings is 1. The molecule has 0 radical (unpaired) electrons. The number of halogens is 2. The fraction of sp³-hybridized carbons (Fsp3) is 0.750. The van der Waals surface area contributed by atoms with E-state index in [0.717, 1.165) is 11.3 Å². The van der Waals surface area contributed by atoms with Crippen LogP contribution in [0.3, 0.4) is 0 Å². The summed E-state index contributed by atoms with van der Waals surface area (Å²) in [6.45, 7) is 5.91. The second kappa shape index (κ2) is 7.08. The molecule has 1 fully saturated rings. The van der Waals surface area contributed by atoms with E-state index in [1.165, 1.54) is 0 Å². The Labute approximate surface area is 125 Å². The molecule has 1 aromatic rings. The van der Waals surface area contributed by atoms with E-state index in [2.05, 4.69) is 15.5 Å². The number of hydrogen-bond donors (Lipinski definition) is 1. The molecule has 1 saturated heterocycles. The Bertz CT molecular complexity index is 478. The Kier molecular flexibility index (Phi) is 5.40. The Morgan fingerprint density at radius 1 is 1.33 bits per heavy atom. The van der Waals surface area contributed by atoms with Crippen LogP contribution in [-0.2, 0) is 9.53 Å². The van der Waals surface area contributed by atoms with Crippen LogP contribution in [0.4, 0.5) is 13.9 Å².